The van der Waals surface area contributed by atoms with E-state index in [4.69, 9.17) is 4.74 Å². The lowest BCUT2D eigenvalue weighted by Gasteiger charge is -2.19. The quantitative estimate of drug-likeness (QED) is 0.792. The number of aromatic nitrogens is 1. The third kappa shape index (κ3) is 5.48. The van der Waals surface area contributed by atoms with Crippen molar-refractivity contribution in [2.75, 3.05) is 19.0 Å². The number of benzene rings is 1. The van der Waals surface area contributed by atoms with Crippen LogP contribution in [0.25, 0.3) is 0 Å². The Balaban J connectivity index is 1.47. The van der Waals surface area contributed by atoms with E-state index in [1.807, 2.05) is 0 Å². The van der Waals surface area contributed by atoms with Crippen LogP contribution in [0.4, 0.5) is 14.3 Å². The van der Waals surface area contributed by atoms with E-state index in [9.17, 15) is 14.0 Å². The van der Waals surface area contributed by atoms with Gasteiger partial charge in [-0.1, -0.05) is 12.1 Å². The second kappa shape index (κ2) is 8.92. The predicted octanol–water partition coefficient (Wildman–Crippen LogP) is 2.74. The molecule has 2 N–H and O–H groups in total. The number of anilines is 1. The van der Waals surface area contributed by atoms with Gasteiger partial charge in [-0.25, -0.2) is 14.2 Å². The number of hydrogen-bond acceptors (Lipinski definition) is 5. The van der Waals surface area contributed by atoms with Gasteiger partial charge in [-0.2, -0.15) is 0 Å². The molecule has 9 heteroatoms. The summed E-state index contributed by atoms with van der Waals surface area (Å²) in [6.07, 6.45) is 1.29. The van der Waals surface area contributed by atoms with Crippen LogP contribution in [0.15, 0.2) is 29.6 Å². The number of thiazole rings is 1. The Morgan fingerprint density at radius 3 is 3.04 bits per heavy atom. The zero-order valence-corrected chi connectivity index (χ0v) is 15.7. The predicted molar refractivity (Wildman–Crippen MR) is 99.8 cm³/mol. The monoisotopic (exact) mass is 392 g/mol. The summed E-state index contributed by atoms with van der Waals surface area (Å²) < 4.78 is 18.5. The highest BCUT2D eigenvalue weighted by atomic mass is 32.1. The van der Waals surface area contributed by atoms with E-state index in [0.717, 1.165) is 12.8 Å². The van der Waals surface area contributed by atoms with E-state index >= 15 is 0 Å². The average molecular weight is 392 g/mol. The standard InChI is InChI=1S/C18H21FN4O3S/c1-23(16(24)15-6-3-7-26-15)10-14-11-27-18(21-14)22-17(25)20-9-12-4-2-5-13(19)8-12/h2,4-5,8,11,15H,3,6-7,9-10H2,1H3,(H2,20,21,22,25)/t15-/m0/s1. The third-order valence-electron chi connectivity index (χ3n) is 4.09. The Bertz CT molecular complexity index is 807. The van der Waals surface area contributed by atoms with Crippen molar-refractivity contribution in [2.24, 2.45) is 0 Å². The Hall–Kier alpha value is -2.52. The second-order valence-corrected chi connectivity index (χ2v) is 7.14. The maximum absolute atomic E-state index is 13.1. The molecule has 1 aliphatic rings. The molecule has 1 atom stereocenters. The molecule has 0 aliphatic carbocycles. The van der Waals surface area contributed by atoms with E-state index in [1.165, 1.54) is 23.5 Å². The van der Waals surface area contributed by atoms with Gasteiger partial charge in [0.2, 0.25) is 0 Å². The number of carbonyl (C=O) groups excluding carboxylic acids is 2. The molecule has 1 aliphatic heterocycles. The molecule has 2 heterocycles. The van der Waals surface area contributed by atoms with Gasteiger partial charge in [-0.15, -0.1) is 11.3 Å². The van der Waals surface area contributed by atoms with Gasteiger partial charge in [-0.3, -0.25) is 10.1 Å². The molecule has 1 saturated heterocycles. The van der Waals surface area contributed by atoms with Crippen molar-refractivity contribution < 1.29 is 18.7 Å². The number of nitrogens with one attached hydrogen (secondary N) is 2. The van der Waals surface area contributed by atoms with Crippen molar-refractivity contribution in [1.29, 1.82) is 0 Å². The zero-order valence-electron chi connectivity index (χ0n) is 14.9. The first-order chi connectivity index (χ1) is 13.0. The molecule has 3 rings (SSSR count). The molecule has 0 saturated carbocycles. The summed E-state index contributed by atoms with van der Waals surface area (Å²) >= 11 is 1.28. The van der Waals surface area contributed by atoms with Gasteiger partial charge in [0.15, 0.2) is 5.13 Å². The number of carbonyl (C=O) groups is 2. The molecule has 7 nitrogen and oxygen atoms in total. The zero-order chi connectivity index (χ0) is 19.2. The van der Waals surface area contributed by atoms with Crippen molar-refractivity contribution in [3.63, 3.8) is 0 Å². The Kier molecular flexibility index (Phi) is 6.36. The van der Waals surface area contributed by atoms with Crippen LogP contribution in [0.1, 0.15) is 24.1 Å². The molecule has 1 fully saturated rings. The molecule has 1 aromatic carbocycles. The van der Waals surface area contributed by atoms with Gasteiger partial charge in [-0.05, 0) is 30.5 Å². The number of amides is 3. The van der Waals surface area contributed by atoms with Crippen LogP contribution < -0.4 is 10.6 Å². The Morgan fingerprint density at radius 1 is 1.44 bits per heavy atom. The summed E-state index contributed by atoms with van der Waals surface area (Å²) in [6.45, 7) is 1.18. The molecule has 0 unspecified atom stereocenters. The van der Waals surface area contributed by atoms with Gasteiger partial charge < -0.3 is 15.0 Å². The SMILES string of the molecule is CN(Cc1csc(NC(=O)NCc2cccc(F)c2)n1)C(=O)[C@@H]1CCCO1. The summed E-state index contributed by atoms with van der Waals surface area (Å²) in [5, 5.41) is 7.51. The van der Waals surface area contributed by atoms with Gasteiger partial charge in [0.05, 0.1) is 12.2 Å². The number of nitrogens with zero attached hydrogens (tertiary/aromatic N) is 2. The minimum absolute atomic E-state index is 0.0529. The van der Waals surface area contributed by atoms with Gasteiger partial charge >= 0.3 is 6.03 Å². The van der Waals surface area contributed by atoms with Crippen molar-refractivity contribution in [3.05, 3.63) is 46.7 Å². The number of ether oxygens (including phenoxy) is 1. The molecule has 1 aromatic heterocycles. The number of likely N-dealkylation sites (N-methyl/N-ethyl adjacent to an activating group) is 1. The summed E-state index contributed by atoms with van der Waals surface area (Å²) in [4.78, 5) is 30.1. The topological polar surface area (TPSA) is 83.6 Å². The van der Waals surface area contributed by atoms with Crippen LogP contribution in [-0.2, 0) is 22.6 Å². The molecule has 27 heavy (non-hydrogen) atoms. The number of rotatable bonds is 6. The molecular weight excluding hydrogens is 371 g/mol. The lowest BCUT2D eigenvalue weighted by Crippen LogP contribution is -2.35. The van der Waals surface area contributed by atoms with Gasteiger partial charge in [0, 0.05) is 25.6 Å². The summed E-state index contributed by atoms with van der Waals surface area (Å²) in [7, 11) is 1.71. The van der Waals surface area contributed by atoms with Crippen LogP contribution in [0.2, 0.25) is 0 Å². The lowest BCUT2D eigenvalue weighted by atomic mass is 10.2. The molecule has 3 amide bonds. The van der Waals surface area contributed by atoms with E-state index < -0.39 is 6.03 Å². The van der Waals surface area contributed by atoms with Crippen molar-refractivity contribution in [2.45, 2.75) is 32.0 Å². The molecule has 0 spiro atoms. The average Bonchev–Trinajstić information content (AvgIpc) is 3.31. The second-order valence-electron chi connectivity index (χ2n) is 6.28. The van der Waals surface area contributed by atoms with Gasteiger partial charge in [0.1, 0.15) is 11.9 Å². The van der Waals surface area contributed by atoms with Crippen LogP contribution in [-0.4, -0.2) is 41.6 Å². The van der Waals surface area contributed by atoms with E-state index in [0.29, 0.717) is 29.5 Å². The summed E-state index contributed by atoms with van der Waals surface area (Å²) in [6, 6.07) is 5.60. The van der Waals surface area contributed by atoms with Crippen LogP contribution in [0.3, 0.4) is 0 Å². The lowest BCUT2D eigenvalue weighted by molar-refractivity contribution is -0.140. The third-order valence-corrected chi connectivity index (χ3v) is 4.90. The summed E-state index contributed by atoms with van der Waals surface area (Å²) in [5.74, 6) is -0.399. The van der Waals surface area contributed by atoms with Crippen LogP contribution in [0, 0.1) is 5.82 Å². The maximum Gasteiger partial charge on any atom is 0.321 e. The van der Waals surface area contributed by atoms with E-state index in [1.54, 1.807) is 29.5 Å². The number of halogens is 1. The number of urea groups is 1. The fraction of sp³-hybridized carbons (Fsp3) is 0.389. The smallest absolute Gasteiger partial charge is 0.321 e. The molecule has 0 radical (unpaired) electrons. The highest BCUT2D eigenvalue weighted by Gasteiger charge is 2.26. The largest absolute Gasteiger partial charge is 0.368 e. The fourth-order valence-electron chi connectivity index (χ4n) is 2.75. The van der Waals surface area contributed by atoms with E-state index in [2.05, 4.69) is 15.6 Å². The first-order valence-corrected chi connectivity index (χ1v) is 9.49. The number of hydrogen-bond donors (Lipinski definition) is 2. The minimum Gasteiger partial charge on any atom is -0.368 e. The molecule has 2 aromatic rings. The van der Waals surface area contributed by atoms with Crippen molar-refractivity contribution >= 4 is 28.4 Å². The van der Waals surface area contributed by atoms with Crippen molar-refractivity contribution in [1.82, 2.24) is 15.2 Å². The highest BCUT2D eigenvalue weighted by Crippen LogP contribution is 2.19. The Morgan fingerprint density at radius 2 is 2.30 bits per heavy atom. The van der Waals surface area contributed by atoms with E-state index in [-0.39, 0.29) is 24.4 Å². The Labute approximate surface area is 160 Å². The van der Waals surface area contributed by atoms with Gasteiger partial charge in [0.25, 0.3) is 5.91 Å². The van der Waals surface area contributed by atoms with Crippen LogP contribution >= 0.6 is 11.3 Å². The minimum atomic E-state index is -0.427. The molecule has 0 bridgehead atoms. The van der Waals surface area contributed by atoms with Crippen molar-refractivity contribution in [3.8, 4) is 0 Å². The highest BCUT2D eigenvalue weighted by molar-refractivity contribution is 7.13. The van der Waals surface area contributed by atoms with Crippen LogP contribution in [0.5, 0.6) is 0 Å². The maximum atomic E-state index is 13.1. The molecule has 144 valence electrons. The normalized spacial score (nSPS) is 16.1. The fourth-order valence-corrected chi connectivity index (χ4v) is 3.44. The first kappa shape index (κ1) is 19.2. The summed E-state index contributed by atoms with van der Waals surface area (Å²) in [5.41, 5.74) is 1.36. The molecular formula is C18H21FN4O3S. The first-order valence-electron chi connectivity index (χ1n) is 8.61.